The van der Waals surface area contributed by atoms with Crippen LogP contribution < -0.4 is 14.5 Å². The van der Waals surface area contributed by atoms with Gasteiger partial charge in [-0.05, 0) is 82.8 Å². The molecule has 2 fully saturated rings. The molecule has 0 spiro atoms. The van der Waals surface area contributed by atoms with Crippen molar-refractivity contribution in [1.29, 1.82) is 0 Å². The number of aryl methyl sites for hydroxylation is 1. The van der Waals surface area contributed by atoms with Crippen molar-refractivity contribution in [2.45, 2.75) is 84.2 Å². The Labute approximate surface area is 194 Å². The standard InChI is InChI=1S/C27H40N4O/c1-4-22(24-14-5-6-15-25(24)32-21(2)3)12-11-13-23-20-26(30-16-7-8-17-30)29-27(28-23)31-18-9-10-19-31/h5-6,14-15,20-22H,4,7-13,16-19H2,1-3H3. The molecular formula is C27H40N4O. The zero-order valence-corrected chi connectivity index (χ0v) is 20.2. The summed E-state index contributed by atoms with van der Waals surface area (Å²) in [5.74, 6) is 3.65. The van der Waals surface area contributed by atoms with Crippen molar-refractivity contribution in [2.75, 3.05) is 36.0 Å². The van der Waals surface area contributed by atoms with Gasteiger partial charge in [0, 0.05) is 37.9 Å². The molecule has 2 aliphatic rings. The monoisotopic (exact) mass is 436 g/mol. The first-order chi connectivity index (χ1) is 15.6. The summed E-state index contributed by atoms with van der Waals surface area (Å²) in [4.78, 5) is 14.8. The molecule has 0 aliphatic carbocycles. The van der Waals surface area contributed by atoms with E-state index in [1.165, 1.54) is 36.9 Å². The van der Waals surface area contributed by atoms with Gasteiger partial charge < -0.3 is 14.5 Å². The van der Waals surface area contributed by atoms with Gasteiger partial charge in [0.05, 0.1) is 6.10 Å². The third kappa shape index (κ3) is 5.73. The first kappa shape index (κ1) is 22.9. The summed E-state index contributed by atoms with van der Waals surface area (Å²) in [5.41, 5.74) is 2.55. The fourth-order valence-electron chi connectivity index (χ4n) is 5.05. The summed E-state index contributed by atoms with van der Waals surface area (Å²) in [6.45, 7) is 10.9. The van der Waals surface area contributed by atoms with Crippen LogP contribution in [-0.4, -0.2) is 42.3 Å². The SMILES string of the molecule is CCC(CCCc1cc(N2CCCC2)nc(N2CCCC2)n1)c1ccccc1OC(C)C. The lowest BCUT2D eigenvalue weighted by Gasteiger charge is -2.22. The number of hydrogen-bond acceptors (Lipinski definition) is 5. The van der Waals surface area contributed by atoms with E-state index in [0.717, 1.165) is 69.4 Å². The molecule has 2 aromatic rings. The normalized spacial score (nSPS) is 17.4. The van der Waals surface area contributed by atoms with Crippen LogP contribution in [0.4, 0.5) is 11.8 Å². The highest BCUT2D eigenvalue weighted by Gasteiger charge is 2.21. The zero-order chi connectivity index (χ0) is 22.3. The van der Waals surface area contributed by atoms with Gasteiger partial charge >= 0.3 is 0 Å². The third-order valence-corrected chi connectivity index (χ3v) is 6.77. The molecule has 2 saturated heterocycles. The lowest BCUT2D eigenvalue weighted by molar-refractivity contribution is 0.238. The topological polar surface area (TPSA) is 41.5 Å². The van der Waals surface area contributed by atoms with E-state index in [4.69, 9.17) is 14.7 Å². The number of ether oxygens (including phenoxy) is 1. The summed E-state index contributed by atoms with van der Waals surface area (Å²) in [6, 6.07) is 10.8. The molecule has 1 unspecified atom stereocenters. The maximum atomic E-state index is 6.11. The van der Waals surface area contributed by atoms with Crippen molar-refractivity contribution in [3.63, 3.8) is 0 Å². The van der Waals surface area contributed by atoms with Gasteiger partial charge in [0.2, 0.25) is 5.95 Å². The summed E-state index contributed by atoms with van der Waals surface area (Å²) in [5, 5.41) is 0. The molecule has 0 amide bonds. The van der Waals surface area contributed by atoms with E-state index in [0.29, 0.717) is 5.92 Å². The number of hydrogen-bond donors (Lipinski definition) is 0. The highest BCUT2D eigenvalue weighted by Crippen LogP contribution is 2.33. The molecule has 1 aromatic heterocycles. The van der Waals surface area contributed by atoms with Gasteiger partial charge in [-0.1, -0.05) is 25.1 Å². The molecule has 4 rings (SSSR count). The Balaban J connectivity index is 1.45. The van der Waals surface area contributed by atoms with Crippen molar-refractivity contribution in [1.82, 2.24) is 9.97 Å². The molecule has 3 heterocycles. The number of aromatic nitrogens is 2. The zero-order valence-electron chi connectivity index (χ0n) is 20.2. The molecule has 0 saturated carbocycles. The van der Waals surface area contributed by atoms with Crippen molar-refractivity contribution in [3.05, 3.63) is 41.6 Å². The summed E-state index contributed by atoms with van der Waals surface area (Å²) in [6.07, 6.45) is 9.66. The highest BCUT2D eigenvalue weighted by atomic mass is 16.5. The van der Waals surface area contributed by atoms with Gasteiger partial charge in [-0.25, -0.2) is 4.98 Å². The van der Waals surface area contributed by atoms with E-state index < -0.39 is 0 Å². The van der Waals surface area contributed by atoms with E-state index in [1.807, 2.05) is 0 Å². The van der Waals surface area contributed by atoms with Crippen LogP contribution in [0.25, 0.3) is 0 Å². The number of anilines is 2. The molecule has 32 heavy (non-hydrogen) atoms. The fourth-order valence-corrected chi connectivity index (χ4v) is 5.05. The summed E-state index contributed by atoms with van der Waals surface area (Å²) in [7, 11) is 0. The van der Waals surface area contributed by atoms with Gasteiger partial charge in [-0.15, -0.1) is 0 Å². The quantitative estimate of drug-likeness (QED) is 0.458. The molecule has 2 aliphatic heterocycles. The van der Waals surface area contributed by atoms with E-state index in [1.54, 1.807) is 0 Å². The van der Waals surface area contributed by atoms with Crippen LogP contribution in [0.3, 0.4) is 0 Å². The minimum atomic E-state index is 0.197. The van der Waals surface area contributed by atoms with E-state index in [2.05, 4.69) is 60.9 Å². The minimum absolute atomic E-state index is 0.197. The van der Waals surface area contributed by atoms with Crippen molar-refractivity contribution < 1.29 is 4.74 Å². The first-order valence-electron chi connectivity index (χ1n) is 12.8. The predicted molar refractivity (Wildman–Crippen MR) is 133 cm³/mol. The van der Waals surface area contributed by atoms with Crippen LogP contribution in [0.2, 0.25) is 0 Å². The second kappa shape index (κ2) is 11.0. The Morgan fingerprint density at radius 2 is 1.62 bits per heavy atom. The average molecular weight is 437 g/mol. The molecule has 0 radical (unpaired) electrons. The van der Waals surface area contributed by atoms with Gasteiger partial charge in [0.15, 0.2) is 0 Å². The Bertz CT molecular complexity index is 822. The van der Waals surface area contributed by atoms with Gasteiger partial charge in [-0.2, -0.15) is 4.98 Å². The predicted octanol–water partition coefficient (Wildman–Crippen LogP) is 5.98. The molecule has 1 atom stereocenters. The van der Waals surface area contributed by atoms with Gasteiger partial charge in [-0.3, -0.25) is 0 Å². The lowest BCUT2D eigenvalue weighted by Crippen LogP contribution is -2.24. The molecule has 0 N–H and O–H groups in total. The molecule has 5 nitrogen and oxygen atoms in total. The van der Waals surface area contributed by atoms with Crippen molar-refractivity contribution in [2.24, 2.45) is 0 Å². The Kier molecular flexibility index (Phi) is 7.88. The Hall–Kier alpha value is -2.30. The molecule has 174 valence electrons. The summed E-state index contributed by atoms with van der Waals surface area (Å²) >= 11 is 0. The first-order valence-corrected chi connectivity index (χ1v) is 12.8. The molecule has 5 heteroatoms. The van der Waals surface area contributed by atoms with Crippen molar-refractivity contribution >= 4 is 11.8 Å². The van der Waals surface area contributed by atoms with Gasteiger partial charge in [0.1, 0.15) is 11.6 Å². The average Bonchev–Trinajstić information content (AvgIpc) is 3.51. The number of para-hydroxylation sites is 1. The largest absolute Gasteiger partial charge is 0.491 e. The van der Waals surface area contributed by atoms with Crippen LogP contribution in [0.5, 0.6) is 5.75 Å². The van der Waals surface area contributed by atoms with Crippen LogP contribution >= 0.6 is 0 Å². The Morgan fingerprint density at radius 3 is 2.31 bits per heavy atom. The number of rotatable bonds is 10. The maximum absolute atomic E-state index is 6.11. The summed E-state index contributed by atoms with van der Waals surface area (Å²) < 4.78 is 6.11. The second-order valence-electron chi connectivity index (χ2n) is 9.61. The third-order valence-electron chi connectivity index (χ3n) is 6.77. The van der Waals surface area contributed by atoms with E-state index in [-0.39, 0.29) is 6.10 Å². The lowest BCUT2D eigenvalue weighted by atomic mass is 9.90. The smallest absolute Gasteiger partial charge is 0.227 e. The van der Waals surface area contributed by atoms with Crippen LogP contribution in [0.15, 0.2) is 30.3 Å². The highest BCUT2D eigenvalue weighted by molar-refractivity contribution is 5.47. The van der Waals surface area contributed by atoms with Crippen LogP contribution in [0.1, 0.15) is 82.9 Å². The van der Waals surface area contributed by atoms with E-state index in [9.17, 15) is 0 Å². The van der Waals surface area contributed by atoms with Crippen LogP contribution in [0, 0.1) is 0 Å². The van der Waals surface area contributed by atoms with E-state index >= 15 is 0 Å². The minimum Gasteiger partial charge on any atom is -0.491 e. The van der Waals surface area contributed by atoms with Gasteiger partial charge in [0.25, 0.3) is 0 Å². The fraction of sp³-hybridized carbons (Fsp3) is 0.630. The number of benzene rings is 1. The Morgan fingerprint density at radius 1 is 0.938 bits per heavy atom. The molecule has 1 aromatic carbocycles. The number of nitrogens with zero attached hydrogens (tertiary/aromatic N) is 4. The maximum Gasteiger partial charge on any atom is 0.227 e. The molecular weight excluding hydrogens is 396 g/mol. The van der Waals surface area contributed by atoms with Crippen LogP contribution in [-0.2, 0) is 6.42 Å². The second-order valence-corrected chi connectivity index (χ2v) is 9.61. The molecule has 0 bridgehead atoms. The van der Waals surface area contributed by atoms with Crippen molar-refractivity contribution in [3.8, 4) is 5.75 Å².